The Balaban J connectivity index is 2.13. The van der Waals surface area contributed by atoms with E-state index >= 15 is 0 Å². The van der Waals surface area contributed by atoms with Crippen LogP contribution < -0.4 is 10.5 Å². The van der Waals surface area contributed by atoms with Gasteiger partial charge in [-0.3, -0.25) is 14.7 Å². The van der Waals surface area contributed by atoms with Crippen LogP contribution in [0.3, 0.4) is 0 Å². The molecule has 1 aromatic heterocycles. The molecule has 1 fully saturated rings. The molecule has 1 amide bonds. The number of morpholine rings is 1. The molecule has 2 N–H and O–H groups in total. The van der Waals surface area contributed by atoms with Crippen LogP contribution >= 0.6 is 0 Å². The Morgan fingerprint density at radius 1 is 1.62 bits per heavy atom. The van der Waals surface area contributed by atoms with Crippen molar-refractivity contribution in [2.45, 2.75) is 13.0 Å². The number of likely N-dealkylation sites (N-methyl/N-ethyl adjacent to an activating group) is 1. The Labute approximate surface area is 142 Å². The zero-order chi connectivity index (χ0) is 17.7. The molecule has 0 aromatic carbocycles. The summed E-state index contributed by atoms with van der Waals surface area (Å²) in [6.07, 6.45) is 4.52. The molecular formula is C17H24N4O3. The number of hydrogen-bond acceptors (Lipinski definition) is 6. The molecule has 0 bridgehead atoms. The third-order valence-corrected chi connectivity index (χ3v) is 4.01. The minimum absolute atomic E-state index is 0.170. The van der Waals surface area contributed by atoms with E-state index in [1.807, 2.05) is 6.92 Å². The Morgan fingerprint density at radius 3 is 3.04 bits per heavy atom. The number of carbonyl (C=O) groups is 1. The van der Waals surface area contributed by atoms with Gasteiger partial charge in [0.2, 0.25) is 0 Å². The number of pyridine rings is 1. The molecule has 1 aromatic rings. The monoisotopic (exact) mass is 332 g/mol. The third-order valence-electron chi connectivity index (χ3n) is 4.01. The van der Waals surface area contributed by atoms with E-state index < -0.39 is 0 Å². The maximum absolute atomic E-state index is 12.5. The summed E-state index contributed by atoms with van der Waals surface area (Å²) < 4.78 is 10.6. The first kappa shape index (κ1) is 17.8. The highest BCUT2D eigenvalue weighted by atomic mass is 16.5. The molecule has 130 valence electrons. The van der Waals surface area contributed by atoms with Crippen LogP contribution in [-0.2, 0) is 9.53 Å². The fourth-order valence-corrected chi connectivity index (χ4v) is 2.52. The van der Waals surface area contributed by atoms with Gasteiger partial charge in [-0.05, 0) is 13.0 Å². The zero-order valence-corrected chi connectivity index (χ0v) is 14.4. The Bertz CT molecular complexity index is 644. The minimum atomic E-state index is -0.255. The molecular weight excluding hydrogens is 308 g/mol. The SMILES string of the molecule is C=C(N(C)C(=O)/C=C(\N)c1ccncc1OC)N1CCOC[C@H]1C. The molecule has 0 saturated carbocycles. The molecule has 0 spiro atoms. The lowest BCUT2D eigenvalue weighted by molar-refractivity contribution is -0.124. The van der Waals surface area contributed by atoms with E-state index in [0.29, 0.717) is 42.6 Å². The van der Waals surface area contributed by atoms with Crippen LogP contribution in [-0.4, -0.2) is 60.6 Å². The van der Waals surface area contributed by atoms with E-state index in [0.717, 1.165) is 0 Å². The molecule has 0 aliphatic carbocycles. The first-order valence-electron chi connectivity index (χ1n) is 7.72. The van der Waals surface area contributed by atoms with E-state index in [1.54, 1.807) is 25.5 Å². The largest absolute Gasteiger partial charge is 0.494 e. The van der Waals surface area contributed by atoms with E-state index in [9.17, 15) is 4.79 Å². The average molecular weight is 332 g/mol. The molecule has 24 heavy (non-hydrogen) atoms. The van der Waals surface area contributed by atoms with Crippen molar-refractivity contribution >= 4 is 11.6 Å². The Kier molecular flexibility index (Phi) is 5.81. The fraction of sp³-hybridized carbons (Fsp3) is 0.412. The van der Waals surface area contributed by atoms with Crippen LogP contribution in [0.5, 0.6) is 5.75 Å². The lowest BCUT2D eigenvalue weighted by atomic mass is 10.1. The van der Waals surface area contributed by atoms with Gasteiger partial charge in [0, 0.05) is 37.1 Å². The van der Waals surface area contributed by atoms with E-state index in [-0.39, 0.29) is 11.9 Å². The topological polar surface area (TPSA) is 80.9 Å². The predicted octanol–water partition coefficient (Wildman–Crippen LogP) is 1.04. The van der Waals surface area contributed by atoms with Crippen molar-refractivity contribution in [1.82, 2.24) is 14.8 Å². The van der Waals surface area contributed by atoms with Gasteiger partial charge in [0.1, 0.15) is 11.6 Å². The molecule has 2 heterocycles. The quantitative estimate of drug-likeness (QED) is 0.812. The highest BCUT2D eigenvalue weighted by molar-refractivity contribution is 5.95. The van der Waals surface area contributed by atoms with Gasteiger partial charge in [-0.15, -0.1) is 0 Å². The van der Waals surface area contributed by atoms with Gasteiger partial charge in [0.15, 0.2) is 0 Å². The Hall–Kier alpha value is -2.54. The van der Waals surface area contributed by atoms with E-state index in [4.69, 9.17) is 15.2 Å². The molecule has 1 atom stereocenters. The standard InChI is InChI=1S/C17H24N4O3/c1-12-11-24-8-7-21(12)13(2)20(3)17(22)9-15(18)14-5-6-19-10-16(14)23-4/h5-6,9-10,12H,2,7-8,11,18H2,1,3-4H3/b15-9-/t12-/m1/s1. The van der Waals surface area contributed by atoms with Gasteiger partial charge in [0.05, 0.1) is 32.6 Å². The number of hydrogen-bond donors (Lipinski definition) is 1. The normalized spacial score (nSPS) is 18.2. The molecule has 0 unspecified atom stereocenters. The molecule has 7 nitrogen and oxygen atoms in total. The van der Waals surface area contributed by atoms with Gasteiger partial charge in [-0.1, -0.05) is 6.58 Å². The number of methoxy groups -OCH3 is 1. The molecule has 0 radical (unpaired) electrons. The van der Waals surface area contributed by atoms with Crippen molar-refractivity contribution < 1.29 is 14.3 Å². The molecule has 1 aliphatic heterocycles. The van der Waals surface area contributed by atoms with Gasteiger partial charge in [0.25, 0.3) is 5.91 Å². The highest BCUT2D eigenvalue weighted by Crippen LogP contribution is 2.22. The second-order valence-electron chi connectivity index (χ2n) is 5.61. The minimum Gasteiger partial charge on any atom is -0.494 e. The summed E-state index contributed by atoms with van der Waals surface area (Å²) in [6.45, 7) is 8.01. The summed E-state index contributed by atoms with van der Waals surface area (Å²) in [5.74, 6) is 0.888. The van der Waals surface area contributed by atoms with E-state index in [1.165, 1.54) is 18.1 Å². The zero-order valence-electron chi connectivity index (χ0n) is 14.4. The number of amides is 1. The number of rotatable bonds is 5. The fourth-order valence-electron chi connectivity index (χ4n) is 2.52. The van der Waals surface area contributed by atoms with Crippen molar-refractivity contribution in [3.8, 4) is 5.75 Å². The van der Waals surface area contributed by atoms with Gasteiger partial charge in [-0.25, -0.2) is 0 Å². The number of carbonyl (C=O) groups excluding carboxylic acids is 1. The first-order chi connectivity index (χ1) is 11.5. The lowest BCUT2D eigenvalue weighted by Crippen LogP contribution is -2.47. The van der Waals surface area contributed by atoms with Gasteiger partial charge in [-0.2, -0.15) is 0 Å². The van der Waals surface area contributed by atoms with Crippen LogP contribution in [0, 0.1) is 0 Å². The summed E-state index contributed by atoms with van der Waals surface area (Å²) in [6, 6.07) is 1.87. The Morgan fingerprint density at radius 2 is 2.38 bits per heavy atom. The van der Waals surface area contributed by atoms with Crippen molar-refractivity contribution in [3.63, 3.8) is 0 Å². The molecule has 1 saturated heterocycles. The number of nitrogens with zero attached hydrogens (tertiary/aromatic N) is 3. The average Bonchev–Trinajstić information content (AvgIpc) is 2.60. The van der Waals surface area contributed by atoms with Crippen LogP contribution in [0.2, 0.25) is 0 Å². The number of nitrogens with two attached hydrogens (primary N) is 1. The van der Waals surface area contributed by atoms with Gasteiger partial charge >= 0.3 is 0 Å². The number of aromatic nitrogens is 1. The van der Waals surface area contributed by atoms with Crippen molar-refractivity contribution in [3.05, 3.63) is 42.5 Å². The van der Waals surface area contributed by atoms with E-state index in [2.05, 4.69) is 16.5 Å². The smallest absolute Gasteiger partial charge is 0.253 e. The summed E-state index contributed by atoms with van der Waals surface area (Å²) in [4.78, 5) is 20.0. The van der Waals surface area contributed by atoms with Crippen molar-refractivity contribution in [2.75, 3.05) is 33.9 Å². The summed E-state index contributed by atoms with van der Waals surface area (Å²) >= 11 is 0. The van der Waals surface area contributed by atoms with Crippen LogP contribution in [0.1, 0.15) is 12.5 Å². The maximum Gasteiger partial charge on any atom is 0.253 e. The van der Waals surface area contributed by atoms with Crippen molar-refractivity contribution in [2.24, 2.45) is 5.73 Å². The van der Waals surface area contributed by atoms with Crippen LogP contribution in [0.15, 0.2) is 36.9 Å². The second-order valence-corrected chi connectivity index (χ2v) is 5.61. The summed E-state index contributed by atoms with van der Waals surface area (Å²) in [5.41, 5.74) is 7.00. The molecule has 1 aliphatic rings. The van der Waals surface area contributed by atoms with Crippen molar-refractivity contribution in [1.29, 1.82) is 0 Å². The predicted molar refractivity (Wildman–Crippen MR) is 91.9 cm³/mol. The van der Waals surface area contributed by atoms with Crippen LogP contribution in [0.25, 0.3) is 5.70 Å². The second kappa shape index (κ2) is 7.83. The van der Waals surface area contributed by atoms with Gasteiger partial charge < -0.3 is 20.1 Å². The first-order valence-corrected chi connectivity index (χ1v) is 7.72. The highest BCUT2D eigenvalue weighted by Gasteiger charge is 2.24. The van der Waals surface area contributed by atoms with Crippen LogP contribution in [0.4, 0.5) is 0 Å². The maximum atomic E-state index is 12.5. The summed E-state index contributed by atoms with van der Waals surface area (Å²) in [5, 5.41) is 0. The lowest BCUT2D eigenvalue weighted by Gasteiger charge is -2.39. The molecule has 2 rings (SSSR count). The number of ether oxygens (including phenoxy) is 2. The third kappa shape index (κ3) is 3.86. The summed E-state index contributed by atoms with van der Waals surface area (Å²) in [7, 11) is 3.21. The molecule has 7 heteroatoms.